The van der Waals surface area contributed by atoms with E-state index in [4.69, 9.17) is 0 Å². The topological polar surface area (TPSA) is 29.1 Å². The molecule has 2 fully saturated rings. The molecule has 2 aliphatic carbocycles. The molecule has 0 bridgehead atoms. The lowest BCUT2D eigenvalue weighted by molar-refractivity contribution is -0.124. The molecular weight excluding hydrogens is 150 g/mol. The predicted molar refractivity (Wildman–Crippen MR) is 47.6 cm³/mol. The number of hydrogen-bond donors (Lipinski definition) is 1. The van der Waals surface area contributed by atoms with Crippen molar-refractivity contribution < 1.29 is 4.79 Å². The van der Waals surface area contributed by atoms with Gasteiger partial charge in [-0.15, -0.1) is 0 Å². The molecule has 0 heterocycles. The van der Waals surface area contributed by atoms with E-state index >= 15 is 0 Å². The zero-order chi connectivity index (χ0) is 8.72. The van der Waals surface area contributed by atoms with E-state index in [9.17, 15) is 4.79 Å². The molecule has 1 N–H and O–H groups in total. The Hall–Kier alpha value is -0.530. The van der Waals surface area contributed by atoms with Crippen LogP contribution in [0.1, 0.15) is 33.1 Å². The monoisotopic (exact) mass is 167 g/mol. The van der Waals surface area contributed by atoms with Crippen LogP contribution >= 0.6 is 0 Å². The number of amides is 1. The molecule has 0 unspecified atom stereocenters. The average molecular weight is 167 g/mol. The lowest BCUT2D eigenvalue weighted by Gasteiger charge is -2.33. The third kappa shape index (κ3) is 1.47. The van der Waals surface area contributed by atoms with Crippen molar-refractivity contribution in [3.8, 4) is 0 Å². The van der Waals surface area contributed by atoms with Crippen LogP contribution in [0.15, 0.2) is 0 Å². The van der Waals surface area contributed by atoms with Gasteiger partial charge in [-0.25, -0.2) is 0 Å². The maximum Gasteiger partial charge on any atom is 0.223 e. The third-order valence-electron chi connectivity index (χ3n) is 3.17. The van der Waals surface area contributed by atoms with Crippen LogP contribution in [0.3, 0.4) is 0 Å². The van der Waals surface area contributed by atoms with Gasteiger partial charge in [-0.05, 0) is 31.1 Å². The molecule has 2 nitrogen and oxygen atoms in total. The van der Waals surface area contributed by atoms with Crippen LogP contribution in [0.2, 0.25) is 0 Å². The van der Waals surface area contributed by atoms with E-state index in [1.807, 2.05) is 0 Å². The molecule has 2 rings (SSSR count). The molecule has 0 aromatic heterocycles. The van der Waals surface area contributed by atoms with Gasteiger partial charge in [-0.2, -0.15) is 0 Å². The Morgan fingerprint density at radius 3 is 2.25 bits per heavy atom. The Kier molecular flexibility index (Phi) is 1.85. The molecule has 2 heteroatoms. The average Bonchev–Trinajstić information content (AvgIpc) is 2.63. The van der Waals surface area contributed by atoms with E-state index in [1.54, 1.807) is 0 Å². The number of carbonyl (C=O) groups excluding carboxylic acids is 1. The van der Waals surface area contributed by atoms with Crippen molar-refractivity contribution in [2.24, 2.45) is 17.8 Å². The molecule has 2 saturated carbocycles. The standard InChI is InChI=1S/C10H17NO/c1-6-3-8(4-6)11-10(12)9-5-7(9)2/h6-9H,3-5H2,1-2H3,(H,11,12)/t6?,7-,8?,9-/m0/s1. The van der Waals surface area contributed by atoms with E-state index in [0.29, 0.717) is 23.8 Å². The fourth-order valence-electron chi connectivity index (χ4n) is 2.02. The number of hydrogen-bond acceptors (Lipinski definition) is 1. The van der Waals surface area contributed by atoms with Gasteiger partial charge in [0.05, 0.1) is 0 Å². The molecule has 0 spiro atoms. The van der Waals surface area contributed by atoms with Gasteiger partial charge >= 0.3 is 0 Å². The highest BCUT2D eigenvalue weighted by Crippen LogP contribution is 2.38. The Morgan fingerprint density at radius 1 is 1.25 bits per heavy atom. The fraction of sp³-hybridized carbons (Fsp3) is 0.900. The largest absolute Gasteiger partial charge is 0.353 e. The summed E-state index contributed by atoms with van der Waals surface area (Å²) >= 11 is 0. The molecule has 12 heavy (non-hydrogen) atoms. The second kappa shape index (κ2) is 2.75. The zero-order valence-corrected chi connectivity index (χ0v) is 7.84. The van der Waals surface area contributed by atoms with Crippen LogP contribution in [0, 0.1) is 17.8 Å². The molecule has 0 aromatic carbocycles. The maximum absolute atomic E-state index is 11.4. The van der Waals surface area contributed by atoms with Gasteiger partial charge < -0.3 is 5.32 Å². The van der Waals surface area contributed by atoms with E-state index in [-0.39, 0.29) is 0 Å². The quantitative estimate of drug-likeness (QED) is 0.664. The van der Waals surface area contributed by atoms with Gasteiger partial charge in [0.2, 0.25) is 5.91 Å². The minimum Gasteiger partial charge on any atom is -0.353 e. The van der Waals surface area contributed by atoms with Crippen LogP contribution in [0.5, 0.6) is 0 Å². The van der Waals surface area contributed by atoms with Crippen molar-refractivity contribution >= 4 is 5.91 Å². The lowest BCUT2D eigenvalue weighted by Crippen LogP contribution is -2.44. The van der Waals surface area contributed by atoms with Gasteiger partial charge in [0.25, 0.3) is 0 Å². The minimum atomic E-state index is 0.305. The summed E-state index contributed by atoms with van der Waals surface area (Å²) in [5.41, 5.74) is 0. The summed E-state index contributed by atoms with van der Waals surface area (Å²) in [4.78, 5) is 11.4. The molecule has 0 aliphatic heterocycles. The summed E-state index contributed by atoms with van der Waals surface area (Å²) in [6.07, 6.45) is 3.48. The van der Waals surface area contributed by atoms with Gasteiger partial charge in [-0.3, -0.25) is 4.79 Å². The van der Waals surface area contributed by atoms with Crippen molar-refractivity contribution in [3.63, 3.8) is 0 Å². The lowest BCUT2D eigenvalue weighted by atomic mass is 9.82. The summed E-state index contributed by atoms with van der Waals surface area (Å²) < 4.78 is 0. The molecule has 0 saturated heterocycles. The highest BCUT2D eigenvalue weighted by molar-refractivity contribution is 5.81. The highest BCUT2D eigenvalue weighted by Gasteiger charge is 2.40. The highest BCUT2D eigenvalue weighted by atomic mass is 16.2. The Morgan fingerprint density at radius 2 is 1.83 bits per heavy atom. The predicted octanol–water partition coefficient (Wildman–Crippen LogP) is 1.56. The van der Waals surface area contributed by atoms with Crippen LogP contribution in [-0.2, 0) is 4.79 Å². The van der Waals surface area contributed by atoms with Gasteiger partial charge in [0.15, 0.2) is 0 Å². The van der Waals surface area contributed by atoms with E-state index < -0.39 is 0 Å². The molecule has 68 valence electrons. The Labute approximate surface area is 73.7 Å². The fourth-order valence-corrected chi connectivity index (χ4v) is 2.02. The normalized spacial score (nSPS) is 44.8. The first-order valence-corrected chi connectivity index (χ1v) is 4.97. The van der Waals surface area contributed by atoms with E-state index in [0.717, 1.165) is 12.3 Å². The summed E-state index contributed by atoms with van der Waals surface area (Å²) in [5.74, 6) is 2.12. The van der Waals surface area contributed by atoms with Crippen molar-refractivity contribution in [2.75, 3.05) is 0 Å². The number of rotatable bonds is 2. The maximum atomic E-state index is 11.4. The first-order chi connectivity index (χ1) is 5.66. The van der Waals surface area contributed by atoms with Gasteiger partial charge in [0, 0.05) is 12.0 Å². The van der Waals surface area contributed by atoms with Crippen molar-refractivity contribution in [1.29, 1.82) is 0 Å². The number of nitrogens with one attached hydrogen (secondary N) is 1. The molecular formula is C10H17NO. The van der Waals surface area contributed by atoms with Gasteiger partial charge in [-0.1, -0.05) is 13.8 Å². The Bertz CT molecular complexity index is 196. The van der Waals surface area contributed by atoms with E-state index in [1.165, 1.54) is 12.8 Å². The summed E-state index contributed by atoms with van der Waals surface area (Å²) in [7, 11) is 0. The molecule has 0 radical (unpaired) electrons. The smallest absolute Gasteiger partial charge is 0.223 e. The summed E-state index contributed by atoms with van der Waals surface area (Å²) in [6.45, 7) is 4.38. The van der Waals surface area contributed by atoms with Crippen molar-refractivity contribution in [2.45, 2.75) is 39.2 Å². The van der Waals surface area contributed by atoms with Crippen LogP contribution in [0.4, 0.5) is 0 Å². The molecule has 2 atom stereocenters. The SMILES string of the molecule is CC1CC(NC(=O)[C@H]2C[C@@H]2C)C1. The zero-order valence-electron chi connectivity index (χ0n) is 7.84. The second-order valence-electron chi connectivity index (χ2n) is 4.60. The van der Waals surface area contributed by atoms with E-state index in [2.05, 4.69) is 19.2 Å². The number of carbonyl (C=O) groups is 1. The molecule has 1 amide bonds. The van der Waals surface area contributed by atoms with Crippen LogP contribution in [-0.4, -0.2) is 11.9 Å². The van der Waals surface area contributed by atoms with Crippen molar-refractivity contribution in [3.05, 3.63) is 0 Å². The first-order valence-electron chi connectivity index (χ1n) is 4.97. The Balaban J connectivity index is 1.70. The second-order valence-corrected chi connectivity index (χ2v) is 4.60. The minimum absolute atomic E-state index is 0.305. The molecule has 0 aromatic rings. The summed E-state index contributed by atoms with van der Waals surface area (Å²) in [6, 6.07) is 0.500. The summed E-state index contributed by atoms with van der Waals surface area (Å²) in [5, 5.41) is 3.10. The van der Waals surface area contributed by atoms with Crippen LogP contribution in [0.25, 0.3) is 0 Å². The van der Waals surface area contributed by atoms with Crippen LogP contribution < -0.4 is 5.32 Å². The van der Waals surface area contributed by atoms with Gasteiger partial charge in [0.1, 0.15) is 0 Å². The first kappa shape index (κ1) is 8.09. The molecule has 2 aliphatic rings. The third-order valence-corrected chi connectivity index (χ3v) is 3.17. The van der Waals surface area contributed by atoms with Crippen molar-refractivity contribution in [1.82, 2.24) is 5.32 Å².